The van der Waals surface area contributed by atoms with Gasteiger partial charge >= 0.3 is 0 Å². The summed E-state index contributed by atoms with van der Waals surface area (Å²) in [6, 6.07) is 5.10. The average Bonchev–Trinajstić information content (AvgIpc) is 2.26. The van der Waals surface area contributed by atoms with Crippen LogP contribution in [0.5, 0.6) is 0 Å². The molecule has 0 amide bonds. The maximum atomic E-state index is 5.27. The van der Waals surface area contributed by atoms with Gasteiger partial charge in [0.05, 0.1) is 19.3 Å². The zero-order valence-corrected chi connectivity index (χ0v) is 10.6. The van der Waals surface area contributed by atoms with Gasteiger partial charge in [0.1, 0.15) is 0 Å². The number of fused-ring (bicyclic) bond motifs is 1. The summed E-state index contributed by atoms with van der Waals surface area (Å²) in [7, 11) is 0. The largest absolute Gasteiger partial charge is 0.378 e. The Morgan fingerprint density at radius 1 is 1.35 bits per heavy atom. The van der Waals surface area contributed by atoms with Crippen LogP contribution < -0.4 is 0 Å². The van der Waals surface area contributed by atoms with Crippen LogP contribution in [0.1, 0.15) is 36.7 Å². The first kappa shape index (κ1) is 11.2. The normalized spacial score (nSPS) is 21.4. The van der Waals surface area contributed by atoms with E-state index < -0.39 is 0 Å². The van der Waals surface area contributed by atoms with E-state index in [-0.39, 0.29) is 0 Å². The zero-order chi connectivity index (χ0) is 11.8. The van der Waals surface area contributed by atoms with Crippen molar-refractivity contribution < 1.29 is 4.74 Å². The standard InChI is InChI=1S/C14H20N2O/c1-10(2)13-4-3-11-7-16(12-8-17-9-12)6-5-14(11)15-13/h3-4,10,12H,5-9H2,1-2H3. The lowest BCUT2D eigenvalue weighted by Gasteiger charge is -2.39. The first-order chi connectivity index (χ1) is 8.24. The molecule has 2 aliphatic heterocycles. The van der Waals surface area contributed by atoms with E-state index in [1.807, 2.05) is 0 Å². The van der Waals surface area contributed by atoms with Crippen molar-refractivity contribution in [2.75, 3.05) is 19.8 Å². The summed E-state index contributed by atoms with van der Waals surface area (Å²) in [5.41, 5.74) is 3.95. The first-order valence-corrected chi connectivity index (χ1v) is 6.54. The van der Waals surface area contributed by atoms with E-state index in [1.54, 1.807) is 0 Å². The molecule has 2 aliphatic rings. The van der Waals surface area contributed by atoms with Crippen molar-refractivity contribution in [1.82, 2.24) is 9.88 Å². The Kier molecular flexibility index (Phi) is 2.89. The molecule has 17 heavy (non-hydrogen) atoms. The Bertz CT molecular complexity index is 413. The van der Waals surface area contributed by atoms with Gasteiger partial charge in [-0.15, -0.1) is 0 Å². The van der Waals surface area contributed by atoms with Crippen LogP contribution in [0.4, 0.5) is 0 Å². The Hall–Kier alpha value is -0.930. The lowest BCUT2D eigenvalue weighted by atomic mass is 10.0. The smallest absolute Gasteiger partial charge is 0.0645 e. The number of hydrogen-bond donors (Lipinski definition) is 0. The minimum Gasteiger partial charge on any atom is -0.378 e. The van der Waals surface area contributed by atoms with Crippen LogP contribution in [0.3, 0.4) is 0 Å². The molecule has 3 rings (SSSR count). The Morgan fingerprint density at radius 3 is 2.82 bits per heavy atom. The molecule has 1 aromatic heterocycles. The molecule has 0 bridgehead atoms. The molecule has 0 atom stereocenters. The van der Waals surface area contributed by atoms with Crippen molar-refractivity contribution in [3.8, 4) is 0 Å². The third-order valence-electron chi connectivity index (χ3n) is 3.83. The van der Waals surface area contributed by atoms with Crippen LogP contribution in [0, 0.1) is 0 Å². The van der Waals surface area contributed by atoms with Crippen molar-refractivity contribution in [3.05, 3.63) is 29.1 Å². The number of rotatable bonds is 2. The van der Waals surface area contributed by atoms with Crippen LogP contribution in [-0.2, 0) is 17.7 Å². The summed E-state index contributed by atoms with van der Waals surface area (Å²) in [4.78, 5) is 7.32. The molecule has 1 saturated heterocycles. The Morgan fingerprint density at radius 2 is 2.18 bits per heavy atom. The van der Waals surface area contributed by atoms with Crippen molar-refractivity contribution in [2.45, 2.75) is 38.8 Å². The highest BCUT2D eigenvalue weighted by Gasteiger charge is 2.29. The number of aromatic nitrogens is 1. The average molecular weight is 232 g/mol. The molecule has 1 fully saturated rings. The van der Waals surface area contributed by atoms with Crippen molar-refractivity contribution >= 4 is 0 Å². The van der Waals surface area contributed by atoms with Crippen LogP contribution >= 0.6 is 0 Å². The van der Waals surface area contributed by atoms with Gasteiger partial charge in [-0.05, 0) is 17.5 Å². The van der Waals surface area contributed by atoms with E-state index in [0.29, 0.717) is 12.0 Å². The first-order valence-electron chi connectivity index (χ1n) is 6.54. The van der Waals surface area contributed by atoms with Gasteiger partial charge in [-0.1, -0.05) is 19.9 Å². The third-order valence-corrected chi connectivity index (χ3v) is 3.83. The highest BCUT2D eigenvalue weighted by molar-refractivity contribution is 5.26. The van der Waals surface area contributed by atoms with Gasteiger partial charge in [-0.25, -0.2) is 0 Å². The molecule has 0 N–H and O–H groups in total. The highest BCUT2D eigenvalue weighted by Crippen LogP contribution is 2.23. The molecule has 0 unspecified atom stereocenters. The summed E-state index contributed by atoms with van der Waals surface area (Å²) < 4.78 is 5.27. The quantitative estimate of drug-likeness (QED) is 0.779. The summed E-state index contributed by atoms with van der Waals surface area (Å²) in [6.07, 6.45) is 1.09. The molecule has 3 heterocycles. The van der Waals surface area contributed by atoms with E-state index in [0.717, 1.165) is 32.7 Å². The van der Waals surface area contributed by atoms with E-state index in [2.05, 4.69) is 30.9 Å². The maximum absolute atomic E-state index is 5.27. The summed E-state index contributed by atoms with van der Waals surface area (Å²) in [5, 5.41) is 0. The van der Waals surface area contributed by atoms with Gasteiger partial charge in [0.2, 0.25) is 0 Å². The van der Waals surface area contributed by atoms with E-state index in [9.17, 15) is 0 Å². The molecule has 0 aromatic carbocycles. The fourth-order valence-electron chi connectivity index (χ4n) is 2.52. The molecule has 0 radical (unpaired) electrons. The third kappa shape index (κ3) is 2.09. The van der Waals surface area contributed by atoms with Crippen LogP contribution in [0.2, 0.25) is 0 Å². The summed E-state index contributed by atoms with van der Waals surface area (Å²) >= 11 is 0. The van der Waals surface area contributed by atoms with Crippen molar-refractivity contribution in [1.29, 1.82) is 0 Å². The number of ether oxygens (including phenoxy) is 1. The minimum atomic E-state index is 0.526. The molecular formula is C14H20N2O. The van der Waals surface area contributed by atoms with Gasteiger partial charge in [-0.3, -0.25) is 9.88 Å². The summed E-state index contributed by atoms with van der Waals surface area (Å²) in [5.74, 6) is 0.526. The molecule has 92 valence electrons. The van der Waals surface area contributed by atoms with Crippen LogP contribution in [0.25, 0.3) is 0 Å². The summed E-state index contributed by atoms with van der Waals surface area (Å²) in [6.45, 7) is 8.41. The van der Waals surface area contributed by atoms with Crippen molar-refractivity contribution in [2.24, 2.45) is 0 Å². The predicted octanol–water partition coefficient (Wildman–Crippen LogP) is 1.96. The molecule has 3 heteroatoms. The SMILES string of the molecule is CC(C)c1ccc2c(n1)CCN(C1COC1)C2. The maximum Gasteiger partial charge on any atom is 0.0645 e. The molecule has 0 spiro atoms. The van der Waals surface area contributed by atoms with Gasteiger partial charge in [0.25, 0.3) is 0 Å². The van der Waals surface area contributed by atoms with E-state index in [4.69, 9.17) is 9.72 Å². The molecule has 0 saturated carbocycles. The Balaban J connectivity index is 1.78. The highest BCUT2D eigenvalue weighted by atomic mass is 16.5. The second kappa shape index (κ2) is 4.39. The number of pyridine rings is 1. The lowest BCUT2D eigenvalue weighted by Crippen LogP contribution is -2.50. The van der Waals surface area contributed by atoms with Gasteiger partial charge in [0, 0.05) is 30.9 Å². The lowest BCUT2D eigenvalue weighted by molar-refractivity contribution is -0.0696. The topological polar surface area (TPSA) is 25.4 Å². The Labute approximate surface area is 103 Å². The second-order valence-corrected chi connectivity index (χ2v) is 5.41. The monoisotopic (exact) mass is 232 g/mol. The predicted molar refractivity (Wildman–Crippen MR) is 67.0 cm³/mol. The second-order valence-electron chi connectivity index (χ2n) is 5.41. The molecular weight excluding hydrogens is 212 g/mol. The van der Waals surface area contributed by atoms with Gasteiger partial charge in [-0.2, -0.15) is 0 Å². The number of nitrogens with zero attached hydrogens (tertiary/aromatic N) is 2. The molecule has 1 aromatic rings. The minimum absolute atomic E-state index is 0.526. The van der Waals surface area contributed by atoms with Gasteiger partial charge in [0.15, 0.2) is 0 Å². The van der Waals surface area contributed by atoms with Crippen LogP contribution in [-0.4, -0.2) is 35.7 Å². The van der Waals surface area contributed by atoms with Crippen LogP contribution in [0.15, 0.2) is 12.1 Å². The fourth-order valence-corrected chi connectivity index (χ4v) is 2.52. The van der Waals surface area contributed by atoms with Crippen molar-refractivity contribution in [3.63, 3.8) is 0 Å². The number of hydrogen-bond acceptors (Lipinski definition) is 3. The molecule has 3 nitrogen and oxygen atoms in total. The zero-order valence-electron chi connectivity index (χ0n) is 10.6. The fraction of sp³-hybridized carbons (Fsp3) is 0.643. The van der Waals surface area contributed by atoms with E-state index >= 15 is 0 Å². The van der Waals surface area contributed by atoms with E-state index in [1.165, 1.54) is 17.0 Å². The van der Waals surface area contributed by atoms with Gasteiger partial charge < -0.3 is 4.74 Å². The molecule has 0 aliphatic carbocycles.